The summed E-state index contributed by atoms with van der Waals surface area (Å²) in [6, 6.07) is 7.59. The van der Waals surface area contributed by atoms with Gasteiger partial charge in [0.1, 0.15) is 0 Å². The highest BCUT2D eigenvalue weighted by Gasteiger charge is 2.20. The molecule has 0 aliphatic carbocycles. The molecule has 0 fully saturated rings. The maximum absolute atomic E-state index is 12.0. The number of furan rings is 1. The number of nitrogens with zero attached hydrogens (tertiary/aromatic N) is 1. The summed E-state index contributed by atoms with van der Waals surface area (Å²) >= 11 is 0. The van der Waals surface area contributed by atoms with Crippen molar-refractivity contribution < 1.29 is 17.6 Å². The number of carbonyl (C=O) groups is 1. The number of hydrogen-bond acceptors (Lipinski definition) is 5. The highest BCUT2D eigenvalue weighted by Crippen LogP contribution is 2.15. The number of sulfonamides is 1. The Hall–Kier alpha value is -2.19. The van der Waals surface area contributed by atoms with Gasteiger partial charge in [-0.1, -0.05) is 6.07 Å². The third-order valence-electron chi connectivity index (χ3n) is 2.82. The monoisotopic (exact) mass is 309 g/mol. The number of pyridine rings is 1. The highest BCUT2D eigenvalue weighted by molar-refractivity contribution is 7.89. The molecule has 21 heavy (non-hydrogen) atoms. The van der Waals surface area contributed by atoms with Crippen molar-refractivity contribution in [2.75, 3.05) is 7.05 Å². The van der Waals surface area contributed by atoms with Crippen molar-refractivity contribution in [3.05, 3.63) is 48.0 Å². The molecule has 2 N–H and O–H groups in total. The van der Waals surface area contributed by atoms with Crippen molar-refractivity contribution >= 4 is 15.9 Å². The summed E-state index contributed by atoms with van der Waals surface area (Å²) in [5.41, 5.74) is 0.695. The van der Waals surface area contributed by atoms with E-state index in [4.69, 9.17) is 4.42 Å². The fourth-order valence-electron chi connectivity index (χ4n) is 1.66. The van der Waals surface area contributed by atoms with Gasteiger partial charge in [-0.15, -0.1) is 0 Å². The van der Waals surface area contributed by atoms with E-state index in [9.17, 15) is 13.2 Å². The van der Waals surface area contributed by atoms with Gasteiger partial charge >= 0.3 is 0 Å². The molecule has 0 aromatic carbocycles. The van der Waals surface area contributed by atoms with Crippen LogP contribution in [0.15, 0.2) is 46.0 Å². The van der Waals surface area contributed by atoms with Crippen molar-refractivity contribution in [1.82, 2.24) is 15.0 Å². The van der Waals surface area contributed by atoms with Gasteiger partial charge in [-0.2, -0.15) is 0 Å². The second-order valence-corrected chi connectivity index (χ2v) is 6.09. The largest absolute Gasteiger partial charge is 0.438 e. The van der Waals surface area contributed by atoms with E-state index in [1.807, 2.05) is 6.07 Å². The first-order chi connectivity index (χ1) is 9.94. The van der Waals surface area contributed by atoms with E-state index in [0.717, 1.165) is 0 Å². The SMILES string of the molecule is CNS(=O)(=O)c1ccc(C(=O)NC(C)c2ccccn2)o1. The standard InChI is InChI=1S/C13H15N3O4S/c1-9(10-5-3-4-8-15-10)16-13(17)11-6-7-12(20-11)21(18,19)14-2/h3-9,14H,1-2H3,(H,16,17). The molecule has 1 atom stereocenters. The van der Waals surface area contributed by atoms with Crippen LogP contribution in [0.4, 0.5) is 0 Å². The van der Waals surface area contributed by atoms with Crippen LogP contribution in [0.2, 0.25) is 0 Å². The molecule has 0 bridgehead atoms. The maximum Gasteiger partial charge on any atom is 0.287 e. The Kier molecular flexibility index (Phi) is 4.39. The van der Waals surface area contributed by atoms with E-state index in [1.165, 1.54) is 19.2 Å². The fourth-order valence-corrected chi connectivity index (χ4v) is 2.31. The van der Waals surface area contributed by atoms with Crippen LogP contribution in [0.1, 0.15) is 29.2 Å². The van der Waals surface area contributed by atoms with Crippen molar-refractivity contribution in [3.8, 4) is 0 Å². The number of nitrogens with one attached hydrogen (secondary N) is 2. The molecule has 2 heterocycles. The molecule has 0 saturated heterocycles. The van der Waals surface area contributed by atoms with Gasteiger partial charge in [0, 0.05) is 6.20 Å². The molecule has 0 spiro atoms. The summed E-state index contributed by atoms with van der Waals surface area (Å²) in [6.07, 6.45) is 1.63. The first kappa shape index (κ1) is 15.2. The van der Waals surface area contributed by atoms with Gasteiger partial charge in [-0.25, -0.2) is 13.1 Å². The van der Waals surface area contributed by atoms with Gasteiger partial charge in [-0.05, 0) is 38.2 Å². The highest BCUT2D eigenvalue weighted by atomic mass is 32.2. The predicted molar refractivity (Wildman–Crippen MR) is 75.1 cm³/mol. The molecule has 0 aliphatic rings. The molecule has 7 nitrogen and oxygen atoms in total. The summed E-state index contributed by atoms with van der Waals surface area (Å²) < 4.78 is 30.2. The Bertz CT molecular complexity index is 725. The van der Waals surface area contributed by atoms with Gasteiger partial charge in [0.2, 0.25) is 5.09 Å². The topological polar surface area (TPSA) is 101 Å². The lowest BCUT2D eigenvalue weighted by atomic mass is 10.2. The van der Waals surface area contributed by atoms with Crippen molar-refractivity contribution in [2.24, 2.45) is 0 Å². The fraction of sp³-hybridized carbons (Fsp3) is 0.231. The van der Waals surface area contributed by atoms with Crippen molar-refractivity contribution in [3.63, 3.8) is 0 Å². The summed E-state index contributed by atoms with van der Waals surface area (Å²) in [7, 11) is -2.44. The smallest absolute Gasteiger partial charge is 0.287 e. The Morgan fingerprint density at radius 3 is 2.67 bits per heavy atom. The minimum Gasteiger partial charge on any atom is -0.438 e. The Morgan fingerprint density at radius 1 is 1.29 bits per heavy atom. The predicted octanol–water partition coefficient (Wildman–Crippen LogP) is 1.07. The number of amides is 1. The Morgan fingerprint density at radius 2 is 2.05 bits per heavy atom. The third kappa shape index (κ3) is 3.47. The van der Waals surface area contributed by atoms with E-state index in [1.54, 1.807) is 25.3 Å². The summed E-state index contributed by atoms with van der Waals surface area (Å²) in [6.45, 7) is 1.77. The van der Waals surface area contributed by atoms with E-state index in [-0.39, 0.29) is 16.9 Å². The van der Waals surface area contributed by atoms with E-state index < -0.39 is 15.9 Å². The van der Waals surface area contributed by atoms with E-state index in [0.29, 0.717) is 5.69 Å². The molecule has 1 unspecified atom stereocenters. The Balaban J connectivity index is 2.11. The van der Waals surface area contributed by atoms with Crippen molar-refractivity contribution in [1.29, 1.82) is 0 Å². The lowest BCUT2D eigenvalue weighted by Crippen LogP contribution is -2.26. The van der Waals surface area contributed by atoms with Crippen LogP contribution in [0.3, 0.4) is 0 Å². The van der Waals surface area contributed by atoms with Gasteiger partial charge in [0.25, 0.3) is 15.9 Å². The van der Waals surface area contributed by atoms with Crippen LogP contribution in [0.25, 0.3) is 0 Å². The molecule has 1 amide bonds. The van der Waals surface area contributed by atoms with Gasteiger partial charge in [-0.3, -0.25) is 9.78 Å². The molecule has 2 aromatic rings. The average molecular weight is 309 g/mol. The van der Waals surface area contributed by atoms with Crippen LogP contribution < -0.4 is 10.0 Å². The number of carbonyl (C=O) groups excluding carboxylic acids is 1. The number of hydrogen-bond donors (Lipinski definition) is 2. The first-order valence-corrected chi connectivity index (χ1v) is 7.67. The molecule has 0 radical (unpaired) electrons. The van der Waals surface area contributed by atoms with Crippen LogP contribution in [0, 0.1) is 0 Å². The second-order valence-electron chi connectivity index (χ2n) is 4.28. The van der Waals surface area contributed by atoms with E-state index in [2.05, 4.69) is 15.0 Å². The molecular formula is C13H15N3O4S. The lowest BCUT2D eigenvalue weighted by Gasteiger charge is -2.11. The second kappa shape index (κ2) is 6.06. The zero-order valence-electron chi connectivity index (χ0n) is 11.5. The van der Waals surface area contributed by atoms with Crippen LogP contribution in [-0.4, -0.2) is 26.4 Å². The molecule has 0 aliphatic heterocycles. The normalized spacial score (nSPS) is 12.9. The van der Waals surface area contributed by atoms with Gasteiger partial charge in [0.15, 0.2) is 5.76 Å². The quantitative estimate of drug-likeness (QED) is 0.860. The number of rotatable bonds is 5. The van der Waals surface area contributed by atoms with Crippen LogP contribution in [-0.2, 0) is 10.0 Å². The molecular weight excluding hydrogens is 294 g/mol. The number of aromatic nitrogens is 1. The molecule has 8 heteroatoms. The molecule has 112 valence electrons. The van der Waals surface area contributed by atoms with Crippen LogP contribution in [0.5, 0.6) is 0 Å². The minimum atomic E-state index is -3.70. The first-order valence-electron chi connectivity index (χ1n) is 6.19. The third-order valence-corrected chi connectivity index (χ3v) is 4.10. The molecule has 2 rings (SSSR count). The van der Waals surface area contributed by atoms with Gasteiger partial charge < -0.3 is 9.73 Å². The lowest BCUT2D eigenvalue weighted by molar-refractivity contribution is 0.0905. The zero-order chi connectivity index (χ0) is 15.5. The van der Waals surface area contributed by atoms with Gasteiger partial charge in [0.05, 0.1) is 11.7 Å². The molecule has 2 aromatic heterocycles. The minimum absolute atomic E-state index is 0.0772. The summed E-state index contributed by atoms with van der Waals surface area (Å²) in [5, 5.41) is 2.38. The van der Waals surface area contributed by atoms with E-state index >= 15 is 0 Å². The zero-order valence-corrected chi connectivity index (χ0v) is 12.3. The summed E-state index contributed by atoms with van der Waals surface area (Å²) in [4.78, 5) is 16.1. The summed E-state index contributed by atoms with van der Waals surface area (Å²) in [5.74, 6) is -0.586. The maximum atomic E-state index is 12.0. The average Bonchev–Trinajstić information content (AvgIpc) is 2.99. The Labute approximate surface area is 122 Å². The van der Waals surface area contributed by atoms with Crippen molar-refractivity contribution in [2.45, 2.75) is 18.1 Å². The molecule has 0 saturated carbocycles. The van der Waals surface area contributed by atoms with Crippen LogP contribution >= 0.6 is 0 Å².